The Bertz CT molecular complexity index is 530. The number of benzene rings is 1. The molecule has 2 rings (SSSR count). The van der Waals surface area contributed by atoms with Crippen molar-refractivity contribution in [2.75, 3.05) is 5.32 Å². The van der Waals surface area contributed by atoms with Gasteiger partial charge in [-0.1, -0.05) is 11.3 Å². The number of aromatic nitrogens is 2. The Morgan fingerprint density at radius 3 is 2.59 bits per heavy atom. The van der Waals surface area contributed by atoms with Gasteiger partial charge in [-0.25, -0.2) is 0 Å². The molecule has 1 aromatic heterocycles. The number of anilines is 2. The average molecular weight is 267 g/mol. The van der Waals surface area contributed by atoms with Crippen molar-refractivity contribution in [1.29, 1.82) is 0 Å². The first-order chi connectivity index (χ1) is 8.13. The summed E-state index contributed by atoms with van der Waals surface area (Å²) >= 11 is 6.36. The quantitative estimate of drug-likeness (QED) is 0.829. The molecule has 2 N–H and O–H groups in total. The summed E-state index contributed by atoms with van der Waals surface area (Å²) in [6.45, 7) is 4.01. The highest BCUT2D eigenvalue weighted by molar-refractivity contribution is 7.73. The standard InChI is InChI=1S/C11H13N3OS2/c1-7(2)15-9-5-3-8(4-6-9)12-10-13-14-11(16)17-10/h3-7H,1-2H3,(H,12,13)(H,14,16). The number of aromatic amines is 1. The summed E-state index contributed by atoms with van der Waals surface area (Å²) in [6, 6.07) is 7.74. The van der Waals surface area contributed by atoms with Crippen LogP contribution in [0.25, 0.3) is 0 Å². The Balaban J connectivity index is 2.05. The molecule has 1 heterocycles. The van der Waals surface area contributed by atoms with Crippen LogP contribution in [0.4, 0.5) is 10.8 Å². The van der Waals surface area contributed by atoms with E-state index < -0.39 is 0 Å². The number of hydrogen-bond acceptors (Lipinski definition) is 5. The van der Waals surface area contributed by atoms with Crippen molar-refractivity contribution in [1.82, 2.24) is 10.2 Å². The Hall–Kier alpha value is -1.40. The van der Waals surface area contributed by atoms with Crippen LogP contribution in [0, 0.1) is 3.95 Å². The fraction of sp³-hybridized carbons (Fsp3) is 0.273. The summed E-state index contributed by atoms with van der Waals surface area (Å²) in [5.41, 5.74) is 0.957. The highest BCUT2D eigenvalue weighted by Crippen LogP contribution is 2.21. The second kappa shape index (κ2) is 5.29. The largest absolute Gasteiger partial charge is 0.491 e. The topological polar surface area (TPSA) is 49.9 Å². The van der Waals surface area contributed by atoms with Gasteiger partial charge in [0.25, 0.3) is 0 Å². The maximum absolute atomic E-state index is 5.56. The van der Waals surface area contributed by atoms with E-state index in [-0.39, 0.29) is 6.10 Å². The zero-order chi connectivity index (χ0) is 12.3. The Kier molecular flexibility index (Phi) is 3.75. The maximum Gasteiger partial charge on any atom is 0.208 e. The van der Waals surface area contributed by atoms with E-state index >= 15 is 0 Å². The second-order valence-electron chi connectivity index (χ2n) is 3.73. The van der Waals surface area contributed by atoms with Crippen LogP contribution in [0.2, 0.25) is 0 Å². The average Bonchev–Trinajstić information content (AvgIpc) is 2.66. The van der Waals surface area contributed by atoms with Crippen LogP contribution >= 0.6 is 23.6 Å². The molecule has 0 aliphatic rings. The van der Waals surface area contributed by atoms with Gasteiger partial charge >= 0.3 is 0 Å². The number of H-pyrrole nitrogens is 1. The molecule has 0 radical (unpaired) electrons. The van der Waals surface area contributed by atoms with Gasteiger partial charge in [-0.15, -0.1) is 5.10 Å². The van der Waals surface area contributed by atoms with Crippen LogP contribution in [0.3, 0.4) is 0 Å². The van der Waals surface area contributed by atoms with Gasteiger partial charge in [-0.05, 0) is 50.3 Å². The Morgan fingerprint density at radius 1 is 1.35 bits per heavy atom. The molecule has 17 heavy (non-hydrogen) atoms. The maximum atomic E-state index is 5.56. The molecule has 0 spiro atoms. The van der Waals surface area contributed by atoms with E-state index in [1.807, 2.05) is 38.1 Å². The summed E-state index contributed by atoms with van der Waals surface area (Å²) in [5.74, 6) is 0.861. The van der Waals surface area contributed by atoms with Crippen molar-refractivity contribution in [2.24, 2.45) is 0 Å². The molecule has 0 bridgehead atoms. The van der Waals surface area contributed by atoms with E-state index in [1.54, 1.807) is 0 Å². The van der Waals surface area contributed by atoms with Crippen LogP contribution in [0.15, 0.2) is 24.3 Å². The van der Waals surface area contributed by atoms with Crippen molar-refractivity contribution in [3.8, 4) is 5.75 Å². The predicted octanol–water partition coefficient (Wildman–Crippen LogP) is 3.73. The molecule has 0 saturated heterocycles. The number of nitrogens with one attached hydrogen (secondary N) is 2. The lowest BCUT2D eigenvalue weighted by Crippen LogP contribution is -2.05. The zero-order valence-electron chi connectivity index (χ0n) is 9.56. The molecule has 0 saturated carbocycles. The lowest BCUT2D eigenvalue weighted by molar-refractivity contribution is 0.242. The van der Waals surface area contributed by atoms with E-state index in [0.717, 1.165) is 16.6 Å². The van der Waals surface area contributed by atoms with E-state index in [0.29, 0.717) is 3.95 Å². The van der Waals surface area contributed by atoms with Crippen LogP contribution in [0.5, 0.6) is 5.75 Å². The second-order valence-corrected chi connectivity index (χ2v) is 5.40. The van der Waals surface area contributed by atoms with Crippen molar-refractivity contribution >= 4 is 34.4 Å². The van der Waals surface area contributed by atoms with Gasteiger partial charge < -0.3 is 10.1 Å². The number of hydrogen-bond donors (Lipinski definition) is 2. The first kappa shape index (κ1) is 12.1. The summed E-state index contributed by atoms with van der Waals surface area (Å²) in [5, 5.41) is 10.7. The fourth-order valence-electron chi connectivity index (χ4n) is 1.30. The third-order valence-electron chi connectivity index (χ3n) is 1.92. The van der Waals surface area contributed by atoms with Gasteiger partial charge in [0.15, 0.2) is 3.95 Å². The molecule has 0 atom stereocenters. The molecule has 6 heteroatoms. The molecular weight excluding hydrogens is 254 g/mol. The van der Waals surface area contributed by atoms with Crippen LogP contribution < -0.4 is 10.1 Å². The lowest BCUT2D eigenvalue weighted by Gasteiger charge is -2.10. The highest BCUT2D eigenvalue weighted by Gasteiger charge is 2.00. The third-order valence-corrected chi connectivity index (χ3v) is 2.92. The number of rotatable bonds is 4. The summed E-state index contributed by atoms with van der Waals surface area (Å²) in [6.07, 6.45) is 0.185. The monoisotopic (exact) mass is 267 g/mol. The van der Waals surface area contributed by atoms with Gasteiger partial charge in [0.1, 0.15) is 5.75 Å². The van der Waals surface area contributed by atoms with Gasteiger partial charge in [0.2, 0.25) is 5.13 Å². The summed E-state index contributed by atoms with van der Waals surface area (Å²) in [4.78, 5) is 0. The predicted molar refractivity (Wildman–Crippen MR) is 72.8 cm³/mol. The van der Waals surface area contributed by atoms with Crippen molar-refractivity contribution in [2.45, 2.75) is 20.0 Å². The van der Waals surface area contributed by atoms with Gasteiger partial charge in [-0.3, -0.25) is 5.10 Å². The molecular formula is C11H13N3OS2. The van der Waals surface area contributed by atoms with Gasteiger partial charge in [0, 0.05) is 5.69 Å². The molecule has 0 aliphatic carbocycles. The molecule has 0 amide bonds. The normalized spacial score (nSPS) is 10.5. The smallest absolute Gasteiger partial charge is 0.208 e. The third kappa shape index (κ3) is 3.54. The van der Waals surface area contributed by atoms with E-state index in [4.69, 9.17) is 17.0 Å². The molecule has 4 nitrogen and oxygen atoms in total. The highest BCUT2D eigenvalue weighted by atomic mass is 32.1. The van der Waals surface area contributed by atoms with Crippen LogP contribution in [0.1, 0.15) is 13.8 Å². The first-order valence-corrected chi connectivity index (χ1v) is 6.45. The van der Waals surface area contributed by atoms with E-state index in [1.165, 1.54) is 11.3 Å². The fourth-order valence-corrected chi connectivity index (χ4v) is 2.11. The molecule has 0 fully saturated rings. The van der Waals surface area contributed by atoms with Crippen molar-refractivity contribution < 1.29 is 4.74 Å². The molecule has 90 valence electrons. The van der Waals surface area contributed by atoms with Gasteiger partial charge in [0.05, 0.1) is 6.10 Å². The number of ether oxygens (including phenoxy) is 1. The zero-order valence-corrected chi connectivity index (χ0v) is 11.2. The van der Waals surface area contributed by atoms with Gasteiger partial charge in [-0.2, -0.15) is 0 Å². The lowest BCUT2D eigenvalue weighted by atomic mass is 10.3. The first-order valence-electron chi connectivity index (χ1n) is 5.23. The Labute approximate surface area is 109 Å². The summed E-state index contributed by atoms with van der Waals surface area (Å²) in [7, 11) is 0. The SMILES string of the molecule is CC(C)Oc1ccc(Nc2n[nH]c(=S)s2)cc1. The number of nitrogens with zero attached hydrogens (tertiary/aromatic N) is 1. The molecule has 1 aromatic carbocycles. The Morgan fingerprint density at radius 2 is 2.06 bits per heavy atom. The van der Waals surface area contributed by atoms with Crippen LogP contribution in [-0.2, 0) is 0 Å². The van der Waals surface area contributed by atoms with Crippen molar-refractivity contribution in [3.63, 3.8) is 0 Å². The summed E-state index contributed by atoms with van der Waals surface area (Å²) < 4.78 is 6.22. The molecule has 0 aliphatic heterocycles. The van der Waals surface area contributed by atoms with Crippen molar-refractivity contribution in [3.05, 3.63) is 28.2 Å². The van der Waals surface area contributed by atoms with E-state index in [9.17, 15) is 0 Å². The molecule has 0 unspecified atom stereocenters. The van der Waals surface area contributed by atoms with E-state index in [2.05, 4.69) is 15.5 Å². The molecule has 2 aromatic rings. The minimum absolute atomic E-state index is 0.185. The minimum Gasteiger partial charge on any atom is -0.491 e. The van der Waals surface area contributed by atoms with Crippen LogP contribution in [-0.4, -0.2) is 16.3 Å². The minimum atomic E-state index is 0.185.